The number of hydrogen-bond donors (Lipinski definition) is 11. The summed E-state index contributed by atoms with van der Waals surface area (Å²) in [6.45, 7) is 22.1. The van der Waals surface area contributed by atoms with Crippen molar-refractivity contribution >= 4 is 103 Å². The minimum absolute atomic E-state index is 0.0157. The monoisotopic (exact) mass is 2020 g/mol. The highest BCUT2D eigenvalue weighted by Gasteiger charge is 2.42. The van der Waals surface area contributed by atoms with E-state index in [9.17, 15) is 116 Å². The lowest BCUT2D eigenvalue weighted by Crippen LogP contribution is -2.54. The molecule has 2 aliphatic rings. The number of ether oxygens (including phenoxy) is 7. The molecule has 2 atom stereocenters. The Morgan fingerprint density at radius 3 is 1.17 bits per heavy atom. The normalized spacial score (nSPS) is 15.0. The SMILES string of the molecule is COC(=O)C(CNC(=O)C1CC(=O)c2ccc(CNc3ncc[nH]3)cc2N1C)NS(=O)(=O)c1ccc(-c2ccc(S(=O)(=O)NCCCOCCOCCOCCCNC(=O)CN3CCN(CC(=O)OC(C)(C)C)CCN(CC(=O)OC(C)(C)C)CCN(CC(=O)OC(C)(C)C)CC3)cc2)cc1.O=C(O)C(F)(F)F.O=C(O)C(F)(F)F.O=C(O)C(F)(F)F.O=C(O)C(F)(F)F.O=C(O)C(F)(F)F. The van der Waals surface area contributed by atoms with Crippen LogP contribution in [0.4, 0.5) is 77.5 Å². The summed E-state index contributed by atoms with van der Waals surface area (Å²) in [4.78, 5) is 153. The third-order valence-corrected chi connectivity index (χ3v) is 19.9. The molecule has 4 aromatic rings. The second kappa shape index (κ2) is 56.5. The number of methoxy groups -OCH3 is 1. The minimum atomic E-state index is -5.08. The first-order valence-corrected chi connectivity index (χ1v) is 43.1. The number of fused-ring (bicyclic) bond motifs is 1. The number of nitrogens with zero attached hydrogens (tertiary/aromatic N) is 6. The van der Waals surface area contributed by atoms with Gasteiger partial charge in [0.15, 0.2) is 11.7 Å². The van der Waals surface area contributed by atoms with Gasteiger partial charge in [0.1, 0.15) is 28.9 Å². The van der Waals surface area contributed by atoms with E-state index in [0.717, 1.165) is 12.7 Å². The summed E-state index contributed by atoms with van der Waals surface area (Å²) in [6.07, 6.45) is -21.3. The van der Waals surface area contributed by atoms with Gasteiger partial charge in [0, 0.05) is 129 Å². The quantitative estimate of drug-likeness (QED) is 0.0103. The third-order valence-electron chi connectivity index (χ3n) is 16.9. The number of carboxylic acid groups (broad SMARTS) is 5. The number of H-pyrrole nitrogens is 1. The summed E-state index contributed by atoms with van der Waals surface area (Å²) in [7, 11) is -5.49. The fourth-order valence-corrected chi connectivity index (χ4v) is 13.0. The minimum Gasteiger partial charge on any atom is -0.475 e. The molecular formula is C79H109F15N12O28S2. The molecule has 0 spiro atoms. The Hall–Kier alpha value is -11.2. The molecule has 2 amide bonds. The number of carbonyl (C=O) groups excluding carboxylic acids is 7. The van der Waals surface area contributed by atoms with Gasteiger partial charge in [0.25, 0.3) is 0 Å². The van der Waals surface area contributed by atoms with Crippen molar-refractivity contribution in [2.24, 2.45) is 0 Å². The Kier molecular flexibility index (Phi) is 51.0. The van der Waals surface area contributed by atoms with Crippen LogP contribution in [-0.4, -0.2) is 355 Å². The molecule has 0 saturated carbocycles. The van der Waals surface area contributed by atoms with Crippen molar-refractivity contribution in [1.82, 2.24) is 49.6 Å². The average Bonchev–Trinajstić information content (AvgIpc) is 0.888. The molecule has 3 heterocycles. The molecule has 11 N–H and O–H groups in total. The smallest absolute Gasteiger partial charge is 0.475 e. The van der Waals surface area contributed by atoms with Crippen LogP contribution < -0.4 is 30.3 Å². The molecule has 40 nitrogen and oxygen atoms in total. The standard InChI is InChI=1S/C69H104N12O18S2.5C2HF3O2/c1-67(2,3)97-61(84)47-79-30-28-78(29-31-80(48-62(85)98-68(4,5)6)33-35-81(34-32-79)49-63(86)99-69(7,8)9)46-60(83)70-24-12-36-94-38-40-96-41-39-95-37-13-25-75-100(89,90)53-19-15-51(16-20-53)52-17-21-54(22-18-52)101(91,92)76-56(65(88)93-11)45-73-64(87)58-43-59(82)55-23-14-50(42-57(55)77(58)10)44-74-66-71-26-27-72-66;5*3-2(4,5)1(6)7/h14-23,26-27,42,56,58,75-76H,12-13,24-25,28-41,43-49H2,1-11H3,(H,70,83)(H,73,87)(H2,71,72,74);5*(H,6,7). The van der Waals surface area contributed by atoms with E-state index >= 15 is 0 Å². The van der Waals surface area contributed by atoms with Crippen LogP contribution in [0.1, 0.15) is 97.5 Å². The number of Topliss-reactive ketones (excluding diaryl/α,β-unsaturated/α-hetero) is 1. The van der Waals surface area contributed by atoms with Crippen LogP contribution in [0.3, 0.4) is 0 Å². The molecule has 6 rings (SSSR count). The zero-order valence-electron chi connectivity index (χ0n) is 75.1. The molecule has 1 aromatic heterocycles. The highest BCUT2D eigenvalue weighted by molar-refractivity contribution is 7.89. The van der Waals surface area contributed by atoms with Crippen molar-refractivity contribution < 1.29 is 199 Å². The Labute approximate surface area is 769 Å². The number of halogens is 15. The zero-order valence-corrected chi connectivity index (χ0v) is 76.8. The van der Waals surface area contributed by atoms with Crippen LogP contribution in [0, 0.1) is 0 Å². The fourth-order valence-electron chi connectivity index (χ4n) is 10.7. The van der Waals surface area contributed by atoms with E-state index in [-0.39, 0.29) is 91.7 Å². The van der Waals surface area contributed by atoms with Gasteiger partial charge in [0.2, 0.25) is 31.9 Å². The van der Waals surface area contributed by atoms with Crippen molar-refractivity contribution in [2.45, 2.75) is 158 Å². The highest BCUT2D eigenvalue weighted by atomic mass is 32.2. The van der Waals surface area contributed by atoms with Crippen LogP contribution in [0.2, 0.25) is 0 Å². The van der Waals surface area contributed by atoms with Gasteiger partial charge in [-0.05, 0) is 128 Å². The lowest BCUT2D eigenvalue weighted by Gasteiger charge is -2.34. The number of aliphatic carboxylic acids is 5. The number of imidazole rings is 1. The van der Waals surface area contributed by atoms with Crippen molar-refractivity contribution in [3.8, 4) is 11.1 Å². The molecule has 0 radical (unpaired) electrons. The number of benzene rings is 3. The van der Waals surface area contributed by atoms with E-state index in [4.69, 9.17) is 82.7 Å². The van der Waals surface area contributed by atoms with Gasteiger partial charge < -0.3 is 84.5 Å². The van der Waals surface area contributed by atoms with Gasteiger partial charge in [-0.2, -0.15) is 70.6 Å². The Morgan fingerprint density at radius 1 is 0.485 bits per heavy atom. The number of ketones is 1. The molecule has 57 heteroatoms. The number of anilines is 2. The van der Waals surface area contributed by atoms with E-state index < -0.39 is 128 Å². The predicted octanol–water partition coefficient (Wildman–Crippen LogP) is 6.35. The number of likely N-dealkylation sites (N-methyl/N-ethyl adjacent to an activating group) is 1. The molecule has 0 bridgehead atoms. The maximum Gasteiger partial charge on any atom is 0.490 e. The predicted molar refractivity (Wildman–Crippen MR) is 446 cm³/mol. The first-order chi connectivity index (χ1) is 62.4. The number of aromatic nitrogens is 2. The average molecular weight is 2020 g/mol. The number of sulfonamides is 2. The number of carboxylic acids is 5. The number of esters is 4. The highest BCUT2D eigenvalue weighted by Crippen LogP contribution is 2.32. The van der Waals surface area contributed by atoms with Gasteiger partial charge in [-0.25, -0.2) is 50.5 Å². The molecule has 1 saturated heterocycles. The first-order valence-electron chi connectivity index (χ1n) is 40.1. The first kappa shape index (κ1) is 123. The molecule has 3 aromatic carbocycles. The number of hydrogen-bond acceptors (Lipinski definition) is 30. The van der Waals surface area contributed by atoms with Gasteiger partial charge in [-0.1, -0.05) is 30.3 Å². The Morgan fingerprint density at radius 2 is 0.831 bits per heavy atom. The van der Waals surface area contributed by atoms with Gasteiger partial charge in [-0.15, -0.1) is 0 Å². The van der Waals surface area contributed by atoms with Crippen molar-refractivity contribution in [1.29, 1.82) is 0 Å². The number of carbonyl (C=O) groups is 12. The summed E-state index contributed by atoms with van der Waals surface area (Å²) in [5, 5.41) is 44.4. The zero-order chi connectivity index (χ0) is 104. The number of rotatable bonds is 35. The van der Waals surface area contributed by atoms with E-state index in [1.807, 2.05) is 88.0 Å². The summed E-state index contributed by atoms with van der Waals surface area (Å²) in [5.41, 5.74) is 0.947. The number of nitrogens with one attached hydrogen (secondary N) is 6. The molecule has 136 heavy (non-hydrogen) atoms. The second-order valence-electron chi connectivity index (χ2n) is 31.6. The van der Waals surface area contributed by atoms with Gasteiger partial charge in [-0.3, -0.25) is 53.2 Å². The maximum absolute atomic E-state index is 13.6. The summed E-state index contributed by atoms with van der Waals surface area (Å²) >= 11 is 0. The van der Waals surface area contributed by atoms with E-state index in [1.165, 1.54) is 36.4 Å². The van der Waals surface area contributed by atoms with Crippen LogP contribution in [0.25, 0.3) is 11.1 Å². The molecule has 0 aliphatic carbocycles. The maximum atomic E-state index is 13.6. The van der Waals surface area contributed by atoms with Gasteiger partial charge in [0.05, 0.1) is 69.5 Å². The second-order valence-corrected chi connectivity index (χ2v) is 35.0. The van der Waals surface area contributed by atoms with E-state index in [1.54, 1.807) is 48.6 Å². The summed E-state index contributed by atoms with van der Waals surface area (Å²) in [5.74, 6) is -16.4. The summed E-state index contributed by atoms with van der Waals surface area (Å²) in [6, 6.07) is 14.6. The topological polar surface area (TPSA) is 544 Å². The lowest BCUT2D eigenvalue weighted by atomic mass is 9.93. The van der Waals surface area contributed by atoms with Crippen molar-refractivity contribution in [2.75, 3.05) is 162 Å². The molecular weight excluding hydrogens is 1910 g/mol. The summed E-state index contributed by atoms with van der Waals surface area (Å²) < 4.78 is 256. The van der Waals surface area contributed by atoms with Crippen LogP contribution >= 0.6 is 0 Å². The van der Waals surface area contributed by atoms with Gasteiger partial charge >= 0.3 is 84.6 Å². The van der Waals surface area contributed by atoms with Crippen molar-refractivity contribution in [3.05, 3.63) is 90.3 Å². The van der Waals surface area contributed by atoms with Crippen LogP contribution in [0.5, 0.6) is 0 Å². The fraction of sp³-hybridized carbons (Fsp3) is 0.582. The van der Waals surface area contributed by atoms with Crippen molar-refractivity contribution in [3.63, 3.8) is 0 Å². The number of aromatic amines is 1. The lowest BCUT2D eigenvalue weighted by molar-refractivity contribution is -0.193. The van der Waals surface area contributed by atoms with Crippen LogP contribution in [-0.2, 0) is 112 Å². The van der Waals surface area contributed by atoms with E-state index in [2.05, 4.69) is 35.4 Å². The molecule has 1 fully saturated rings. The number of alkyl halides is 15. The molecule has 770 valence electrons. The molecule has 2 aliphatic heterocycles. The number of amides is 2. The van der Waals surface area contributed by atoms with E-state index in [0.29, 0.717) is 133 Å². The Balaban J connectivity index is 0.00000222. The Bertz CT molecular complexity index is 4550. The largest absolute Gasteiger partial charge is 0.490 e. The van der Waals surface area contributed by atoms with Crippen LogP contribution in [0.15, 0.2) is 88.9 Å². The third kappa shape index (κ3) is 52.8. The molecule has 2 unspecified atom stereocenters.